The number of hydrogen-bond donors (Lipinski definition) is 1. The van der Waals surface area contributed by atoms with E-state index in [1.165, 1.54) is 43.7 Å². The summed E-state index contributed by atoms with van der Waals surface area (Å²) in [5.41, 5.74) is 2.58. The first kappa shape index (κ1) is 15.3. The lowest BCUT2D eigenvalue weighted by Crippen LogP contribution is -2.40. The Balaban J connectivity index is 1.70. The first-order chi connectivity index (χ1) is 9.70. The fourth-order valence-electron chi connectivity index (χ4n) is 3.12. The predicted molar refractivity (Wildman–Crippen MR) is 87.4 cm³/mol. The number of nitrogens with zero attached hydrogens (tertiary/aromatic N) is 2. The van der Waals surface area contributed by atoms with Crippen molar-refractivity contribution in [2.24, 2.45) is 0 Å². The van der Waals surface area contributed by atoms with E-state index < -0.39 is 0 Å². The number of hydrogen-bond acceptors (Lipinski definition) is 3. The molecule has 2 rings (SSSR count). The van der Waals surface area contributed by atoms with Gasteiger partial charge in [0.05, 0.1) is 0 Å². The second-order valence-corrected chi connectivity index (χ2v) is 5.93. The highest BCUT2D eigenvalue weighted by Crippen LogP contribution is 2.17. The molecule has 0 amide bonds. The van der Waals surface area contributed by atoms with Crippen molar-refractivity contribution < 1.29 is 0 Å². The van der Waals surface area contributed by atoms with Gasteiger partial charge in [-0.05, 0) is 51.5 Å². The van der Waals surface area contributed by atoms with Crippen LogP contribution in [-0.4, -0.2) is 55.6 Å². The number of para-hydroxylation sites is 1. The number of benzene rings is 1. The molecule has 0 spiro atoms. The molecule has 1 saturated heterocycles. The van der Waals surface area contributed by atoms with E-state index in [9.17, 15) is 0 Å². The minimum atomic E-state index is 0.767. The zero-order valence-electron chi connectivity index (χ0n) is 13.2. The summed E-state index contributed by atoms with van der Waals surface area (Å²) < 4.78 is 0. The molecule has 3 heteroatoms. The third-order valence-corrected chi connectivity index (χ3v) is 4.38. The number of nitrogens with one attached hydrogen (secondary N) is 1. The molecule has 112 valence electrons. The fourth-order valence-corrected chi connectivity index (χ4v) is 3.12. The molecule has 0 saturated carbocycles. The van der Waals surface area contributed by atoms with Crippen LogP contribution in [0.4, 0.5) is 5.69 Å². The second-order valence-electron chi connectivity index (χ2n) is 5.93. The maximum atomic E-state index is 3.54. The summed E-state index contributed by atoms with van der Waals surface area (Å²) in [6.45, 7) is 10.2. The van der Waals surface area contributed by atoms with Gasteiger partial charge < -0.3 is 10.2 Å². The van der Waals surface area contributed by atoms with E-state index in [1.807, 2.05) is 0 Å². The highest BCUT2D eigenvalue weighted by molar-refractivity contribution is 5.50. The Labute approximate surface area is 124 Å². The summed E-state index contributed by atoms with van der Waals surface area (Å²) in [4.78, 5) is 5.08. The SMILES string of the molecule is CCN1CCCC1CN(C)CCNc1ccccc1C. The normalized spacial score (nSPS) is 19.7. The Kier molecular flexibility index (Phi) is 5.86. The lowest BCUT2D eigenvalue weighted by molar-refractivity contribution is 0.202. The highest BCUT2D eigenvalue weighted by Gasteiger charge is 2.23. The molecule has 1 atom stereocenters. The molecule has 1 fully saturated rings. The van der Waals surface area contributed by atoms with Gasteiger partial charge in [-0.25, -0.2) is 0 Å². The summed E-state index contributed by atoms with van der Waals surface area (Å²) >= 11 is 0. The Bertz CT molecular complexity index is 405. The minimum absolute atomic E-state index is 0.767. The Hall–Kier alpha value is -1.06. The molecular weight excluding hydrogens is 246 g/mol. The van der Waals surface area contributed by atoms with Crippen molar-refractivity contribution in [3.8, 4) is 0 Å². The van der Waals surface area contributed by atoms with E-state index in [2.05, 4.69) is 60.3 Å². The van der Waals surface area contributed by atoms with Gasteiger partial charge in [0.25, 0.3) is 0 Å². The third kappa shape index (κ3) is 4.22. The molecular formula is C17H29N3. The maximum Gasteiger partial charge on any atom is 0.0370 e. The van der Waals surface area contributed by atoms with E-state index in [1.54, 1.807) is 0 Å². The van der Waals surface area contributed by atoms with Crippen LogP contribution in [0.2, 0.25) is 0 Å². The summed E-state index contributed by atoms with van der Waals surface area (Å²) in [5, 5.41) is 3.54. The van der Waals surface area contributed by atoms with E-state index in [4.69, 9.17) is 0 Å². The Morgan fingerprint density at radius 2 is 2.15 bits per heavy atom. The van der Waals surface area contributed by atoms with Crippen LogP contribution in [0.5, 0.6) is 0 Å². The van der Waals surface area contributed by atoms with Gasteiger partial charge in [0, 0.05) is 31.4 Å². The number of likely N-dealkylation sites (tertiary alicyclic amines) is 1. The van der Waals surface area contributed by atoms with Gasteiger partial charge in [-0.2, -0.15) is 0 Å². The monoisotopic (exact) mass is 275 g/mol. The van der Waals surface area contributed by atoms with Gasteiger partial charge in [-0.3, -0.25) is 4.90 Å². The minimum Gasteiger partial charge on any atom is -0.384 e. The largest absolute Gasteiger partial charge is 0.384 e. The van der Waals surface area contributed by atoms with E-state index in [-0.39, 0.29) is 0 Å². The van der Waals surface area contributed by atoms with E-state index in [0.29, 0.717) is 0 Å². The van der Waals surface area contributed by atoms with Crippen molar-refractivity contribution >= 4 is 5.69 Å². The molecule has 1 N–H and O–H groups in total. The molecule has 1 unspecified atom stereocenters. The number of rotatable bonds is 7. The quantitative estimate of drug-likeness (QED) is 0.825. The van der Waals surface area contributed by atoms with Crippen LogP contribution in [0, 0.1) is 6.92 Å². The van der Waals surface area contributed by atoms with Crippen molar-refractivity contribution in [1.82, 2.24) is 9.80 Å². The average Bonchev–Trinajstić information content (AvgIpc) is 2.88. The zero-order valence-corrected chi connectivity index (χ0v) is 13.2. The average molecular weight is 275 g/mol. The molecule has 1 heterocycles. The van der Waals surface area contributed by atoms with Crippen molar-refractivity contribution in [1.29, 1.82) is 0 Å². The smallest absolute Gasteiger partial charge is 0.0370 e. The van der Waals surface area contributed by atoms with E-state index >= 15 is 0 Å². The van der Waals surface area contributed by atoms with Gasteiger partial charge in [0.2, 0.25) is 0 Å². The molecule has 0 aromatic heterocycles. The zero-order chi connectivity index (χ0) is 14.4. The Morgan fingerprint density at radius 1 is 1.35 bits per heavy atom. The molecule has 1 aromatic rings. The molecule has 0 radical (unpaired) electrons. The molecule has 1 aliphatic heterocycles. The molecule has 0 aliphatic carbocycles. The van der Waals surface area contributed by atoms with Crippen LogP contribution in [0.25, 0.3) is 0 Å². The first-order valence-corrected chi connectivity index (χ1v) is 7.92. The summed E-state index contributed by atoms with van der Waals surface area (Å²) in [7, 11) is 2.24. The first-order valence-electron chi connectivity index (χ1n) is 7.92. The van der Waals surface area contributed by atoms with Gasteiger partial charge in [-0.1, -0.05) is 25.1 Å². The second kappa shape index (κ2) is 7.65. The summed E-state index contributed by atoms with van der Waals surface area (Å²) in [6.07, 6.45) is 2.73. The molecule has 0 bridgehead atoms. The standard InChI is InChI=1S/C17H29N3/c1-4-20-12-7-9-16(20)14-19(3)13-11-18-17-10-6-5-8-15(17)2/h5-6,8,10,16,18H,4,7,9,11-14H2,1-3H3. The van der Waals surface area contributed by atoms with Crippen molar-refractivity contribution in [2.45, 2.75) is 32.7 Å². The van der Waals surface area contributed by atoms with Crippen LogP contribution < -0.4 is 5.32 Å². The molecule has 1 aliphatic rings. The van der Waals surface area contributed by atoms with Crippen LogP contribution in [0.1, 0.15) is 25.3 Å². The molecule has 1 aromatic carbocycles. The van der Waals surface area contributed by atoms with Crippen LogP contribution in [0.15, 0.2) is 24.3 Å². The lowest BCUT2D eigenvalue weighted by atomic mass is 10.2. The van der Waals surface area contributed by atoms with Crippen LogP contribution in [-0.2, 0) is 0 Å². The lowest BCUT2D eigenvalue weighted by Gasteiger charge is -2.27. The molecule has 20 heavy (non-hydrogen) atoms. The maximum absolute atomic E-state index is 3.54. The molecule has 3 nitrogen and oxygen atoms in total. The van der Waals surface area contributed by atoms with Crippen molar-refractivity contribution in [2.75, 3.05) is 45.1 Å². The van der Waals surface area contributed by atoms with Gasteiger partial charge in [-0.15, -0.1) is 0 Å². The Morgan fingerprint density at radius 3 is 2.90 bits per heavy atom. The topological polar surface area (TPSA) is 18.5 Å². The van der Waals surface area contributed by atoms with Crippen molar-refractivity contribution in [3.63, 3.8) is 0 Å². The summed E-state index contributed by atoms with van der Waals surface area (Å²) in [6, 6.07) is 9.26. The number of likely N-dealkylation sites (N-methyl/N-ethyl adjacent to an activating group) is 2. The van der Waals surface area contributed by atoms with Crippen LogP contribution in [0.3, 0.4) is 0 Å². The number of aryl methyl sites for hydroxylation is 1. The summed E-state index contributed by atoms with van der Waals surface area (Å²) in [5.74, 6) is 0. The van der Waals surface area contributed by atoms with Gasteiger partial charge >= 0.3 is 0 Å². The number of anilines is 1. The van der Waals surface area contributed by atoms with Crippen molar-refractivity contribution in [3.05, 3.63) is 29.8 Å². The van der Waals surface area contributed by atoms with E-state index in [0.717, 1.165) is 19.1 Å². The van der Waals surface area contributed by atoms with Crippen LogP contribution >= 0.6 is 0 Å². The fraction of sp³-hybridized carbons (Fsp3) is 0.647. The van der Waals surface area contributed by atoms with Gasteiger partial charge in [0.15, 0.2) is 0 Å². The highest BCUT2D eigenvalue weighted by atomic mass is 15.2. The van der Waals surface area contributed by atoms with Gasteiger partial charge in [0.1, 0.15) is 0 Å². The predicted octanol–water partition coefficient (Wildman–Crippen LogP) is 2.82. The third-order valence-electron chi connectivity index (χ3n) is 4.38.